The fourth-order valence-electron chi connectivity index (χ4n) is 3.71. The molecular weight excluding hydrogens is 370 g/mol. The summed E-state index contributed by atoms with van der Waals surface area (Å²) in [6, 6.07) is 12.0. The molecule has 1 aliphatic heterocycles. The maximum Gasteiger partial charge on any atom is 0.262 e. The molecule has 2 aliphatic rings. The van der Waals surface area contributed by atoms with E-state index in [4.69, 9.17) is 0 Å². The van der Waals surface area contributed by atoms with E-state index < -0.39 is 0 Å². The second kappa shape index (κ2) is 8.45. The molecule has 1 atom stereocenters. The SMILES string of the molecule is Cc1cc(NC(=O)C2CC2)sc1C(=O)NC(CN1CCCC1)c1ccccc1. The fraction of sp³-hybridized carbons (Fsp3) is 0.455. The minimum Gasteiger partial charge on any atom is -0.343 e. The standard InChI is InChI=1S/C22H27N3O2S/c1-15-13-19(24-21(26)17-9-10-17)28-20(15)22(27)23-18(14-25-11-5-6-12-25)16-7-3-2-4-8-16/h2-4,7-8,13,17-18H,5-6,9-12,14H2,1H3,(H,23,27)(H,24,26). The van der Waals surface area contributed by atoms with E-state index in [2.05, 4.69) is 27.7 Å². The summed E-state index contributed by atoms with van der Waals surface area (Å²) in [5, 5.41) is 6.95. The molecule has 2 fully saturated rings. The Kier molecular flexibility index (Phi) is 5.78. The predicted molar refractivity (Wildman–Crippen MR) is 113 cm³/mol. The summed E-state index contributed by atoms with van der Waals surface area (Å²) < 4.78 is 0. The highest BCUT2D eigenvalue weighted by Crippen LogP contribution is 2.33. The fourth-order valence-corrected chi connectivity index (χ4v) is 4.68. The Labute approximate surface area is 170 Å². The van der Waals surface area contributed by atoms with E-state index in [0.717, 1.165) is 48.6 Å². The lowest BCUT2D eigenvalue weighted by Crippen LogP contribution is -2.37. The molecule has 148 valence electrons. The van der Waals surface area contributed by atoms with E-state index in [1.807, 2.05) is 31.2 Å². The largest absolute Gasteiger partial charge is 0.343 e. The van der Waals surface area contributed by atoms with Gasteiger partial charge in [-0.25, -0.2) is 0 Å². The number of carbonyl (C=O) groups is 2. The molecule has 6 heteroatoms. The topological polar surface area (TPSA) is 61.4 Å². The molecule has 28 heavy (non-hydrogen) atoms. The maximum absolute atomic E-state index is 13.0. The minimum absolute atomic E-state index is 0.0437. The molecular formula is C22H27N3O2S. The first-order chi connectivity index (χ1) is 13.6. The van der Waals surface area contributed by atoms with E-state index in [9.17, 15) is 9.59 Å². The molecule has 1 saturated heterocycles. The van der Waals surface area contributed by atoms with Crippen molar-refractivity contribution in [2.75, 3.05) is 25.0 Å². The zero-order chi connectivity index (χ0) is 19.5. The molecule has 2 aromatic rings. The van der Waals surface area contributed by atoms with Crippen molar-refractivity contribution in [3.05, 3.63) is 52.4 Å². The van der Waals surface area contributed by atoms with Crippen LogP contribution in [-0.4, -0.2) is 36.3 Å². The number of benzene rings is 1. The van der Waals surface area contributed by atoms with Gasteiger partial charge in [-0.3, -0.25) is 9.59 Å². The lowest BCUT2D eigenvalue weighted by molar-refractivity contribution is -0.117. The maximum atomic E-state index is 13.0. The molecule has 1 aliphatic carbocycles. The molecule has 2 N–H and O–H groups in total. The molecule has 4 rings (SSSR count). The Hall–Kier alpha value is -2.18. The molecule has 5 nitrogen and oxygen atoms in total. The van der Waals surface area contributed by atoms with E-state index in [0.29, 0.717) is 4.88 Å². The van der Waals surface area contributed by atoms with Gasteiger partial charge < -0.3 is 15.5 Å². The number of anilines is 1. The summed E-state index contributed by atoms with van der Waals surface area (Å²) in [5.74, 6) is 0.162. The van der Waals surface area contributed by atoms with Crippen LogP contribution in [0.15, 0.2) is 36.4 Å². The minimum atomic E-state index is -0.0672. The van der Waals surface area contributed by atoms with Crippen molar-refractivity contribution in [2.45, 2.75) is 38.6 Å². The van der Waals surface area contributed by atoms with Crippen LogP contribution in [-0.2, 0) is 4.79 Å². The summed E-state index contributed by atoms with van der Waals surface area (Å²) in [5.41, 5.74) is 2.03. The molecule has 1 aromatic heterocycles. The highest BCUT2D eigenvalue weighted by molar-refractivity contribution is 7.18. The Morgan fingerprint density at radius 2 is 1.89 bits per heavy atom. The highest BCUT2D eigenvalue weighted by Gasteiger charge is 2.30. The van der Waals surface area contributed by atoms with Crippen molar-refractivity contribution in [1.82, 2.24) is 10.2 Å². The van der Waals surface area contributed by atoms with E-state index in [1.165, 1.54) is 24.2 Å². The van der Waals surface area contributed by atoms with E-state index in [1.54, 1.807) is 0 Å². The van der Waals surface area contributed by atoms with E-state index in [-0.39, 0.29) is 23.8 Å². The number of hydrogen-bond acceptors (Lipinski definition) is 4. The molecule has 0 radical (unpaired) electrons. The number of amides is 2. The predicted octanol–water partition coefficient (Wildman–Crippen LogP) is 3.97. The van der Waals surface area contributed by atoms with Crippen molar-refractivity contribution in [1.29, 1.82) is 0 Å². The van der Waals surface area contributed by atoms with Gasteiger partial charge in [-0.1, -0.05) is 30.3 Å². The van der Waals surface area contributed by atoms with Crippen LogP contribution >= 0.6 is 11.3 Å². The number of nitrogens with zero attached hydrogens (tertiary/aromatic N) is 1. The zero-order valence-electron chi connectivity index (χ0n) is 16.2. The summed E-state index contributed by atoms with van der Waals surface area (Å²) in [6.45, 7) is 4.94. The molecule has 0 spiro atoms. The van der Waals surface area contributed by atoms with Crippen molar-refractivity contribution in [3.8, 4) is 0 Å². The third-order valence-corrected chi connectivity index (χ3v) is 6.62. The molecule has 1 unspecified atom stereocenters. The summed E-state index contributed by atoms with van der Waals surface area (Å²) in [4.78, 5) is 28.1. The Balaban J connectivity index is 1.47. The van der Waals surface area contributed by atoms with Gasteiger partial charge >= 0.3 is 0 Å². The smallest absolute Gasteiger partial charge is 0.262 e. The Morgan fingerprint density at radius 3 is 2.57 bits per heavy atom. The van der Waals surface area contributed by atoms with Crippen LogP contribution in [0.25, 0.3) is 0 Å². The van der Waals surface area contributed by atoms with Crippen LogP contribution in [0.3, 0.4) is 0 Å². The van der Waals surface area contributed by atoms with Gasteiger partial charge in [0.15, 0.2) is 0 Å². The average molecular weight is 398 g/mol. The first-order valence-electron chi connectivity index (χ1n) is 10.1. The number of thiophene rings is 1. The molecule has 2 amide bonds. The van der Waals surface area contributed by atoms with Gasteiger partial charge in [0.2, 0.25) is 5.91 Å². The van der Waals surface area contributed by atoms with Crippen LogP contribution in [0.4, 0.5) is 5.00 Å². The van der Waals surface area contributed by atoms with Crippen LogP contribution in [0.5, 0.6) is 0 Å². The summed E-state index contributed by atoms with van der Waals surface area (Å²) >= 11 is 1.36. The first-order valence-corrected chi connectivity index (χ1v) is 10.9. The number of likely N-dealkylation sites (tertiary alicyclic amines) is 1. The second-order valence-corrected chi connectivity index (χ2v) is 8.88. The van der Waals surface area contributed by atoms with Crippen LogP contribution < -0.4 is 10.6 Å². The van der Waals surface area contributed by atoms with Gasteiger partial charge in [0, 0.05) is 12.5 Å². The van der Waals surface area contributed by atoms with Crippen molar-refractivity contribution in [3.63, 3.8) is 0 Å². The van der Waals surface area contributed by atoms with Gasteiger partial charge in [-0.2, -0.15) is 0 Å². The normalized spacial score (nSPS) is 18.0. The monoisotopic (exact) mass is 397 g/mol. The quantitative estimate of drug-likeness (QED) is 0.743. The highest BCUT2D eigenvalue weighted by atomic mass is 32.1. The van der Waals surface area contributed by atoms with E-state index >= 15 is 0 Å². The molecule has 1 saturated carbocycles. The Bertz CT molecular complexity index is 839. The molecule has 1 aromatic carbocycles. The lowest BCUT2D eigenvalue weighted by atomic mass is 10.1. The molecule has 2 heterocycles. The third kappa shape index (κ3) is 4.62. The first kappa shape index (κ1) is 19.2. The van der Waals surface area contributed by atoms with Crippen molar-refractivity contribution < 1.29 is 9.59 Å². The van der Waals surface area contributed by atoms with Gasteiger partial charge in [-0.15, -0.1) is 11.3 Å². The number of carbonyl (C=O) groups excluding carboxylic acids is 2. The van der Waals surface area contributed by atoms with Crippen LogP contribution in [0.2, 0.25) is 0 Å². The van der Waals surface area contributed by atoms with Gasteiger partial charge in [0.25, 0.3) is 5.91 Å². The number of hydrogen-bond donors (Lipinski definition) is 2. The van der Waals surface area contributed by atoms with Gasteiger partial charge in [0.1, 0.15) is 0 Å². The molecule has 0 bridgehead atoms. The number of rotatable bonds is 7. The van der Waals surface area contributed by atoms with Gasteiger partial charge in [-0.05, 0) is 62.9 Å². The lowest BCUT2D eigenvalue weighted by Gasteiger charge is -2.25. The summed E-state index contributed by atoms with van der Waals surface area (Å²) in [6.07, 6.45) is 4.39. The summed E-state index contributed by atoms with van der Waals surface area (Å²) in [7, 11) is 0. The van der Waals surface area contributed by atoms with Crippen molar-refractivity contribution in [2.24, 2.45) is 5.92 Å². The van der Waals surface area contributed by atoms with Gasteiger partial charge in [0.05, 0.1) is 15.9 Å². The number of aryl methyl sites for hydroxylation is 1. The Morgan fingerprint density at radius 1 is 1.18 bits per heavy atom. The third-order valence-electron chi connectivity index (χ3n) is 5.47. The van der Waals surface area contributed by atoms with Crippen molar-refractivity contribution >= 4 is 28.2 Å². The average Bonchev–Trinajstić information content (AvgIpc) is 3.31. The second-order valence-electron chi connectivity index (χ2n) is 7.83. The van der Waals surface area contributed by atoms with Crippen LogP contribution in [0, 0.1) is 12.8 Å². The number of nitrogens with one attached hydrogen (secondary N) is 2. The zero-order valence-corrected chi connectivity index (χ0v) is 17.1. The van der Waals surface area contributed by atoms with Crippen LogP contribution in [0.1, 0.15) is 52.5 Å².